The molecule has 2 heterocycles. The average Bonchev–Trinajstić information content (AvgIpc) is 2.92. The van der Waals surface area contributed by atoms with Crippen molar-refractivity contribution >= 4 is 0 Å². The van der Waals surface area contributed by atoms with Crippen LogP contribution in [0.5, 0.6) is 0 Å². The average molecular weight is 248 g/mol. The second-order valence-corrected chi connectivity index (χ2v) is 4.76. The molecule has 0 bridgehead atoms. The maximum absolute atomic E-state index is 4.05. The lowest BCUT2D eigenvalue weighted by Gasteiger charge is -2.30. The normalized spacial score (nSPS) is 19.3. The minimum Gasteiger partial charge on any atom is -0.366 e. The Morgan fingerprint density at radius 3 is 2.50 bits per heavy atom. The summed E-state index contributed by atoms with van der Waals surface area (Å²) in [6, 6.07) is 0. The molecule has 0 radical (unpaired) electrons. The molecule has 2 aliphatic heterocycles. The molecule has 2 nitrogen and oxygen atoms in total. The molecule has 2 heteroatoms. The van der Waals surface area contributed by atoms with E-state index in [4.69, 9.17) is 0 Å². The van der Waals surface area contributed by atoms with Crippen molar-refractivity contribution in [2.75, 3.05) is 32.7 Å². The molecular formula is C16H28N2. The molecule has 0 aromatic carbocycles. The molecule has 0 saturated carbocycles. The molecule has 0 amide bonds. The summed E-state index contributed by atoms with van der Waals surface area (Å²) in [5.41, 5.74) is 2.48. The molecule has 2 rings (SSSR count). The Hall–Kier alpha value is -1.02. The summed E-state index contributed by atoms with van der Waals surface area (Å²) < 4.78 is 0. The highest BCUT2D eigenvalue weighted by atomic mass is 15.2. The highest BCUT2D eigenvalue weighted by molar-refractivity contribution is 5.32. The molecule has 0 N–H and O–H groups in total. The Balaban J connectivity index is 0.000000771. The summed E-state index contributed by atoms with van der Waals surface area (Å²) in [4.78, 5) is 5.00. The fourth-order valence-electron chi connectivity index (χ4n) is 2.44. The zero-order valence-electron chi connectivity index (χ0n) is 12.3. The molecule has 18 heavy (non-hydrogen) atoms. The molecule has 1 fully saturated rings. The fourth-order valence-corrected chi connectivity index (χ4v) is 2.44. The molecular weight excluding hydrogens is 220 g/mol. The van der Waals surface area contributed by atoms with Crippen LogP contribution in [0.1, 0.15) is 33.6 Å². The van der Waals surface area contributed by atoms with Crippen LogP contribution in [0.2, 0.25) is 0 Å². The van der Waals surface area contributed by atoms with E-state index in [0.29, 0.717) is 0 Å². The highest BCUT2D eigenvalue weighted by Gasteiger charge is 2.15. The Labute approximate surface area is 113 Å². The van der Waals surface area contributed by atoms with Crippen LogP contribution in [0.4, 0.5) is 0 Å². The third-order valence-corrected chi connectivity index (χ3v) is 3.38. The summed E-state index contributed by atoms with van der Waals surface area (Å²) in [5, 5.41) is 0. The Kier molecular flexibility index (Phi) is 6.81. The molecule has 0 aromatic heterocycles. The fraction of sp³-hybridized carbons (Fsp3) is 0.625. The van der Waals surface area contributed by atoms with E-state index in [1.165, 1.54) is 43.7 Å². The van der Waals surface area contributed by atoms with Crippen LogP contribution in [0.15, 0.2) is 36.1 Å². The summed E-state index contributed by atoms with van der Waals surface area (Å²) in [6.07, 6.45) is 9.29. The third-order valence-electron chi connectivity index (χ3n) is 3.38. The summed E-state index contributed by atoms with van der Waals surface area (Å²) in [6.45, 7) is 16.1. The van der Waals surface area contributed by atoms with E-state index in [9.17, 15) is 0 Å². The molecule has 0 aromatic rings. The van der Waals surface area contributed by atoms with E-state index in [1.54, 1.807) is 0 Å². The first kappa shape index (κ1) is 15.0. The van der Waals surface area contributed by atoms with Gasteiger partial charge in [0.15, 0.2) is 0 Å². The van der Waals surface area contributed by atoms with Gasteiger partial charge in [0.05, 0.1) is 0 Å². The van der Waals surface area contributed by atoms with E-state index in [2.05, 4.69) is 41.5 Å². The molecule has 2 aliphatic rings. The predicted molar refractivity (Wildman–Crippen MR) is 80.6 cm³/mol. The lowest BCUT2D eigenvalue weighted by molar-refractivity contribution is 0.276. The van der Waals surface area contributed by atoms with Gasteiger partial charge in [-0.15, -0.1) is 0 Å². The van der Waals surface area contributed by atoms with Gasteiger partial charge in [0, 0.05) is 25.3 Å². The van der Waals surface area contributed by atoms with Crippen molar-refractivity contribution in [3.63, 3.8) is 0 Å². The second kappa shape index (κ2) is 8.15. The lowest BCUT2D eigenvalue weighted by Crippen LogP contribution is -2.34. The molecule has 0 spiro atoms. The maximum atomic E-state index is 4.05. The number of hydrogen-bond donors (Lipinski definition) is 0. The maximum Gasteiger partial charge on any atom is 0.0393 e. The van der Waals surface area contributed by atoms with Crippen LogP contribution in [-0.4, -0.2) is 42.5 Å². The van der Waals surface area contributed by atoms with Gasteiger partial charge in [-0.3, -0.25) is 0 Å². The van der Waals surface area contributed by atoms with Gasteiger partial charge in [0.25, 0.3) is 0 Å². The van der Waals surface area contributed by atoms with Crippen LogP contribution in [0.3, 0.4) is 0 Å². The first-order valence-electron chi connectivity index (χ1n) is 7.27. The Morgan fingerprint density at radius 2 is 1.89 bits per heavy atom. The number of rotatable bonds is 4. The van der Waals surface area contributed by atoms with Gasteiger partial charge < -0.3 is 9.80 Å². The van der Waals surface area contributed by atoms with Crippen molar-refractivity contribution in [3.8, 4) is 0 Å². The molecule has 0 unspecified atom stereocenters. The van der Waals surface area contributed by atoms with Crippen molar-refractivity contribution in [3.05, 3.63) is 36.1 Å². The van der Waals surface area contributed by atoms with Crippen molar-refractivity contribution in [1.82, 2.24) is 9.80 Å². The number of likely N-dealkylation sites (tertiary alicyclic amines) is 1. The molecule has 102 valence electrons. The van der Waals surface area contributed by atoms with Crippen molar-refractivity contribution in [1.29, 1.82) is 0 Å². The summed E-state index contributed by atoms with van der Waals surface area (Å²) in [7, 11) is 0. The molecule has 1 saturated heterocycles. The van der Waals surface area contributed by atoms with Crippen LogP contribution >= 0.6 is 0 Å². The van der Waals surface area contributed by atoms with E-state index in [1.807, 2.05) is 13.8 Å². The second-order valence-electron chi connectivity index (χ2n) is 4.76. The zero-order chi connectivity index (χ0) is 13.4. The van der Waals surface area contributed by atoms with E-state index in [0.717, 1.165) is 13.1 Å². The lowest BCUT2D eigenvalue weighted by atomic mass is 10.1. The third kappa shape index (κ3) is 4.34. The van der Waals surface area contributed by atoms with Crippen LogP contribution in [0, 0.1) is 0 Å². The first-order chi connectivity index (χ1) is 8.77. The highest BCUT2D eigenvalue weighted by Crippen LogP contribution is 2.17. The summed E-state index contributed by atoms with van der Waals surface area (Å²) in [5.74, 6) is 0. The quantitative estimate of drug-likeness (QED) is 0.752. The Bertz CT molecular complexity index is 309. The van der Waals surface area contributed by atoms with Gasteiger partial charge >= 0.3 is 0 Å². The van der Waals surface area contributed by atoms with Gasteiger partial charge in [-0.25, -0.2) is 0 Å². The van der Waals surface area contributed by atoms with Gasteiger partial charge in [0.1, 0.15) is 0 Å². The van der Waals surface area contributed by atoms with Gasteiger partial charge in [-0.05, 0) is 44.5 Å². The van der Waals surface area contributed by atoms with Gasteiger partial charge in [-0.2, -0.15) is 0 Å². The smallest absolute Gasteiger partial charge is 0.0393 e. The van der Waals surface area contributed by atoms with Crippen molar-refractivity contribution < 1.29 is 0 Å². The van der Waals surface area contributed by atoms with Crippen LogP contribution < -0.4 is 0 Å². The largest absolute Gasteiger partial charge is 0.366 e. The summed E-state index contributed by atoms with van der Waals surface area (Å²) >= 11 is 0. The van der Waals surface area contributed by atoms with E-state index in [-0.39, 0.29) is 0 Å². The standard InChI is InChI=1S/C14H22N2.C2H6/c1-13(2)14-7-3-4-10-16(14)12-11-15-8-5-6-9-15;1-2/h3-4,7H,1,5-6,8-12H2,2H3;1-2H3. The Morgan fingerprint density at radius 1 is 1.22 bits per heavy atom. The van der Waals surface area contributed by atoms with Gasteiger partial charge in [-0.1, -0.05) is 32.6 Å². The number of hydrogen-bond acceptors (Lipinski definition) is 2. The minimum atomic E-state index is 1.03. The van der Waals surface area contributed by atoms with Crippen LogP contribution in [-0.2, 0) is 0 Å². The minimum absolute atomic E-state index is 1.03. The first-order valence-corrected chi connectivity index (χ1v) is 7.27. The predicted octanol–water partition coefficient (Wildman–Crippen LogP) is 3.44. The molecule has 0 aliphatic carbocycles. The van der Waals surface area contributed by atoms with E-state index < -0.39 is 0 Å². The van der Waals surface area contributed by atoms with Crippen LogP contribution in [0.25, 0.3) is 0 Å². The van der Waals surface area contributed by atoms with Crippen molar-refractivity contribution in [2.45, 2.75) is 33.6 Å². The molecule has 0 atom stereocenters. The van der Waals surface area contributed by atoms with E-state index >= 15 is 0 Å². The van der Waals surface area contributed by atoms with Gasteiger partial charge in [0.2, 0.25) is 0 Å². The number of nitrogens with zero attached hydrogens (tertiary/aromatic N) is 2. The zero-order valence-corrected chi connectivity index (χ0v) is 12.3. The SMILES string of the molecule is C=C(C)C1=CC=CCN1CCN1CCCC1.CC. The van der Waals surface area contributed by atoms with Crippen molar-refractivity contribution in [2.24, 2.45) is 0 Å². The number of allylic oxidation sites excluding steroid dienone is 3. The monoisotopic (exact) mass is 248 g/mol. The topological polar surface area (TPSA) is 6.48 Å².